The highest BCUT2D eigenvalue weighted by molar-refractivity contribution is 8.01. The minimum Gasteiger partial charge on any atom is -0.477 e. The van der Waals surface area contributed by atoms with Crippen molar-refractivity contribution in [1.29, 1.82) is 0 Å². The third-order valence-electron chi connectivity index (χ3n) is 6.09. The first-order valence-electron chi connectivity index (χ1n) is 14.0. The molecular formula is C26H32N10O8S3. The number of tetrazole rings is 1. The van der Waals surface area contributed by atoms with Crippen LogP contribution in [0, 0.1) is 0 Å². The van der Waals surface area contributed by atoms with Crippen LogP contribution in [-0.4, -0.2) is 113 Å². The number of hydrogen-bond acceptors (Lipinski definition) is 15. The van der Waals surface area contributed by atoms with Crippen LogP contribution in [0.2, 0.25) is 0 Å². The van der Waals surface area contributed by atoms with Gasteiger partial charge in [-0.3, -0.25) is 19.3 Å². The van der Waals surface area contributed by atoms with Crippen molar-refractivity contribution < 1.29 is 38.7 Å². The molecule has 1 saturated heterocycles. The van der Waals surface area contributed by atoms with E-state index in [1.54, 1.807) is 26.8 Å². The summed E-state index contributed by atoms with van der Waals surface area (Å²) >= 11 is 3.57. The van der Waals surface area contributed by atoms with Gasteiger partial charge in [-0.2, -0.15) is 0 Å². The average molecular weight is 709 g/mol. The van der Waals surface area contributed by atoms with Crippen LogP contribution >= 0.6 is 34.9 Å². The maximum absolute atomic E-state index is 13.4. The van der Waals surface area contributed by atoms with Crippen LogP contribution in [-0.2, 0) is 35.3 Å². The molecule has 2 aliphatic heterocycles. The van der Waals surface area contributed by atoms with Crippen molar-refractivity contribution in [3.05, 3.63) is 35.0 Å². The number of oxime groups is 1. The van der Waals surface area contributed by atoms with Crippen LogP contribution in [0.3, 0.4) is 0 Å². The zero-order valence-corrected chi connectivity index (χ0v) is 27.9. The van der Waals surface area contributed by atoms with Crippen LogP contribution in [0.5, 0.6) is 0 Å². The second kappa shape index (κ2) is 15.9. The maximum Gasteiger partial charge on any atom is 0.407 e. The fourth-order valence-electron chi connectivity index (χ4n) is 4.15. The molecule has 0 bridgehead atoms. The molecule has 47 heavy (non-hydrogen) atoms. The molecule has 252 valence electrons. The number of rotatable bonds is 16. The fraction of sp³-hybridized carbons (Fsp3) is 0.462. The molecule has 2 aromatic heterocycles. The summed E-state index contributed by atoms with van der Waals surface area (Å²) in [6.45, 7) is 9.49. The van der Waals surface area contributed by atoms with E-state index in [0.717, 1.165) is 16.2 Å². The number of anilines is 1. The third kappa shape index (κ3) is 9.07. The van der Waals surface area contributed by atoms with Gasteiger partial charge in [0.25, 0.3) is 11.8 Å². The molecule has 2 aromatic rings. The quantitative estimate of drug-likeness (QED) is 0.0363. The van der Waals surface area contributed by atoms with E-state index in [0.29, 0.717) is 30.1 Å². The van der Waals surface area contributed by atoms with Gasteiger partial charge in [0.2, 0.25) is 11.6 Å². The topological polar surface area (TPSA) is 232 Å². The Bertz CT molecular complexity index is 1580. The number of allylic oxidation sites excluding steroid dienone is 1. The number of nitrogens with one attached hydrogen (secondary N) is 3. The lowest BCUT2D eigenvalue weighted by atomic mass is 10.0. The van der Waals surface area contributed by atoms with E-state index in [1.807, 2.05) is 0 Å². The summed E-state index contributed by atoms with van der Waals surface area (Å²) in [5.74, 6) is -2.17. The number of aliphatic carboxylic acids is 1. The van der Waals surface area contributed by atoms with Crippen molar-refractivity contribution in [2.45, 2.75) is 55.9 Å². The van der Waals surface area contributed by atoms with Crippen molar-refractivity contribution in [3.63, 3.8) is 0 Å². The Morgan fingerprint density at radius 1 is 1.32 bits per heavy atom. The smallest absolute Gasteiger partial charge is 0.407 e. The van der Waals surface area contributed by atoms with E-state index < -0.39 is 40.9 Å². The van der Waals surface area contributed by atoms with Gasteiger partial charge in [0.1, 0.15) is 35.0 Å². The Morgan fingerprint density at radius 3 is 2.81 bits per heavy atom. The highest BCUT2D eigenvalue weighted by Gasteiger charge is 2.54. The normalized spacial score (nSPS) is 17.7. The van der Waals surface area contributed by atoms with Crippen LogP contribution in [0.4, 0.5) is 9.93 Å². The van der Waals surface area contributed by atoms with Gasteiger partial charge in [-0.1, -0.05) is 23.0 Å². The molecule has 1 fully saturated rings. The Hall–Kier alpha value is -4.50. The molecule has 1 unspecified atom stereocenters. The number of thiazole rings is 1. The number of thioether (sulfide) groups is 2. The van der Waals surface area contributed by atoms with E-state index in [9.17, 15) is 29.1 Å². The standard InChI is InChI=1S/C26H32N10O8S3/c1-5-8-35-24(31-33-34-35)47-11-14-10-45-21-17(20(39)36(21)18(14)22(40)41)30-19(38)16(15-12-46-23(29-15)28-13-37)32-43-9-6-7-27-25(42)44-26(2,3)4/h5,12-13,17,21H,1,6-11H2,2-4H3,(H,27,42)(H,30,38)(H,40,41)(H,28,29,37)/b32-16-/t17?,21-/m1/s1. The Labute approximate surface area is 280 Å². The molecular weight excluding hydrogens is 677 g/mol. The largest absolute Gasteiger partial charge is 0.477 e. The Morgan fingerprint density at radius 2 is 2.11 bits per heavy atom. The first-order valence-corrected chi connectivity index (χ1v) is 16.9. The second-order valence-electron chi connectivity index (χ2n) is 10.7. The second-order valence-corrected chi connectivity index (χ2v) is 13.6. The van der Waals surface area contributed by atoms with Crippen molar-refractivity contribution in [2.75, 3.05) is 30.0 Å². The number of nitrogens with zero attached hydrogens (tertiary/aromatic N) is 7. The lowest BCUT2D eigenvalue weighted by Crippen LogP contribution is -2.71. The number of carbonyl (C=O) groups is 5. The molecule has 4 N–H and O–H groups in total. The van der Waals surface area contributed by atoms with Crippen LogP contribution < -0.4 is 16.0 Å². The van der Waals surface area contributed by atoms with E-state index in [4.69, 9.17) is 9.57 Å². The SMILES string of the molecule is C=CCn1nnnc1SCC1=C(C(=O)O)N2C(=O)C(NC(=O)/C(=N\OCCCNC(=O)OC(C)(C)C)c3csc(NC=O)n3)[C@H]2SC1. The van der Waals surface area contributed by atoms with E-state index in [1.165, 1.54) is 33.6 Å². The van der Waals surface area contributed by atoms with Crippen molar-refractivity contribution >= 4 is 76.0 Å². The number of ether oxygens (including phenoxy) is 1. The minimum absolute atomic E-state index is 0.0122. The number of β-lactam (4-membered cyclic amide) rings is 1. The number of amides is 4. The van der Waals surface area contributed by atoms with Gasteiger partial charge in [-0.25, -0.2) is 19.3 Å². The number of alkyl carbamates (subject to hydrolysis) is 1. The zero-order valence-electron chi connectivity index (χ0n) is 25.5. The summed E-state index contributed by atoms with van der Waals surface area (Å²) in [5.41, 5.74) is -0.485. The highest BCUT2D eigenvalue weighted by Crippen LogP contribution is 2.41. The molecule has 0 radical (unpaired) electrons. The van der Waals surface area contributed by atoms with Gasteiger partial charge >= 0.3 is 12.1 Å². The first-order chi connectivity index (χ1) is 22.4. The predicted octanol–water partition coefficient (Wildman–Crippen LogP) is 1.05. The molecule has 2 atom stereocenters. The van der Waals surface area contributed by atoms with Gasteiger partial charge in [0.05, 0.1) is 6.54 Å². The minimum atomic E-state index is -1.27. The zero-order chi connectivity index (χ0) is 34.1. The first kappa shape index (κ1) is 35.4. The molecule has 2 aliphatic rings. The van der Waals surface area contributed by atoms with Crippen LogP contribution in [0.25, 0.3) is 0 Å². The molecule has 0 aromatic carbocycles. The summed E-state index contributed by atoms with van der Waals surface area (Å²) in [6, 6.07) is -1.05. The molecule has 18 nitrogen and oxygen atoms in total. The van der Waals surface area contributed by atoms with E-state index >= 15 is 0 Å². The van der Waals surface area contributed by atoms with Gasteiger partial charge in [-0.05, 0) is 36.8 Å². The molecule has 4 heterocycles. The van der Waals surface area contributed by atoms with E-state index in [-0.39, 0.29) is 46.9 Å². The van der Waals surface area contributed by atoms with Gasteiger partial charge in [0, 0.05) is 29.9 Å². The lowest BCUT2D eigenvalue weighted by Gasteiger charge is -2.49. The molecule has 0 saturated carbocycles. The number of carbonyl (C=O) groups excluding carboxylic acids is 4. The monoisotopic (exact) mass is 708 g/mol. The van der Waals surface area contributed by atoms with Crippen LogP contribution in [0.1, 0.15) is 32.9 Å². The summed E-state index contributed by atoms with van der Waals surface area (Å²) in [6.07, 6.45) is 1.80. The van der Waals surface area contributed by atoms with Gasteiger partial charge in [0.15, 0.2) is 10.8 Å². The third-order valence-corrected chi connectivity index (χ3v) is 9.25. The molecule has 0 aliphatic carbocycles. The summed E-state index contributed by atoms with van der Waals surface area (Å²) in [5, 5.41) is 34.5. The lowest BCUT2D eigenvalue weighted by molar-refractivity contribution is -0.150. The van der Waals surface area contributed by atoms with Crippen molar-refractivity contribution in [1.82, 2.24) is 40.7 Å². The Balaban J connectivity index is 1.41. The molecule has 21 heteroatoms. The summed E-state index contributed by atoms with van der Waals surface area (Å²) in [4.78, 5) is 72.3. The molecule has 4 amide bonds. The molecule has 4 rings (SSSR count). The predicted molar refractivity (Wildman–Crippen MR) is 172 cm³/mol. The van der Waals surface area contributed by atoms with Crippen molar-refractivity contribution in [2.24, 2.45) is 5.16 Å². The van der Waals surface area contributed by atoms with Gasteiger partial charge < -0.3 is 30.6 Å². The fourth-order valence-corrected chi connectivity index (χ4v) is 7.17. The average Bonchev–Trinajstić information content (AvgIpc) is 3.66. The number of hydrogen-bond donors (Lipinski definition) is 4. The highest BCUT2D eigenvalue weighted by atomic mass is 32.2. The number of carboxylic acids is 1. The van der Waals surface area contributed by atoms with Gasteiger partial charge in [-0.15, -0.1) is 34.8 Å². The Kier molecular flexibility index (Phi) is 11.9. The van der Waals surface area contributed by atoms with Crippen molar-refractivity contribution in [3.8, 4) is 0 Å². The van der Waals surface area contributed by atoms with E-state index in [2.05, 4.69) is 48.2 Å². The number of aromatic nitrogens is 5. The maximum atomic E-state index is 13.4. The van der Waals surface area contributed by atoms with Crippen LogP contribution in [0.15, 0.2) is 39.6 Å². The number of fused-ring (bicyclic) bond motifs is 1. The molecule has 0 spiro atoms. The summed E-state index contributed by atoms with van der Waals surface area (Å²) < 4.78 is 6.69. The number of carboxylic acid groups (broad SMARTS) is 1. The summed E-state index contributed by atoms with van der Waals surface area (Å²) in [7, 11) is 0.